The van der Waals surface area contributed by atoms with Crippen LogP contribution in [0.3, 0.4) is 0 Å². The predicted molar refractivity (Wildman–Crippen MR) is 73.5 cm³/mol. The molecular formula is C15H24N2O. The largest absolute Gasteiger partial charge is 0.395 e. The van der Waals surface area contributed by atoms with E-state index in [1.165, 1.54) is 37.7 Å². The second-order valence-corrected chi connectivity index (χ2v) is 5.16. The zero-order valence-corrected chi connectivity index (χ0v) is 11.1. The van der Waals surface area contributed by atoms with E-state index in [2.05, 4.69) is 22.0 Å². The first-order chi connectivity index (χ1) is 8.90. The average Bonchev–Trinajstić information content (AvgIpc) is 2.45. The Kier molecular flexibility index (Phi) is 5.62. The minimum Gasteiger partial charge on any atom is -0.395 e. The van der Waals surface area contributed by atoms with Crippen molar-refractivity contribution in [1.82, 2.24) is 9.88 Å². The molecule has 100 valence electrons. The van der Waals surface area contributed by atoms with Gasteiger partial charge in [-0.1, -0.05) is 19.3 Å². The fourth-order valence-electron chi connectivity index (χ4n) is 2.87. The lowest BCUT2D eigenvalue weighted by molar-refractivity contribution is 0.125. The van der Waals surface area contributed by atoms with E-state index in [0.29, 0.717) is 6.04 Å². The summed E-state index contributed by atoms with van der Waals surface area (Å²) in [6.07, 6.45) is 11.4. The Balaban J connectivity index is 1.85. The number of pyridine rings is 1. The van der Waals surface area contributed by atoms with Crippen molar-refractivity contribution < 1.29 is 5.11 Å². The Labute approximate surface area is 110 Å². The summed E-state index contributed by atoms with van der Waals surface area (Å²) in [5.41, 5.74) is 1.34. The maximum absolute atomic E-state index is 9.21. The van der Waals surface area contributed by atoms with E-state index in [-0.39, 0.29) is 6.61 Å². The van der Waals surface area contributed by atoms with Crippen LogP contribution >= 0.6 is 0 Å². The summed E-state index contributed by atoms with van der Waals surface area (Å²) in [4.78, 5) is 6.52. The van der Waals surface area contributed by atoms with Gasteiger partial charge in [0.25, 0.3) is 0 Å². The molecule has 0 amide bonds. The van der Waals surface area contributed by atoms with E-state index in [1.54, 1.807) is 0 Å². The molecule has 18 heavy (non-hydrogen) atoms. The molecule has 1 aliphatic rings. The number of aromatic nitrogens is 1. The van der Waals surface area contributed by atoms with Crippen molar-refractivity contribution in [3.05, 3.63) is 30.1 Å². The molecule has 0 atom stereocenters. The van der Waals surface area contributed by atoms with Crippen LogP contribution in [0.2, 0.25) is 0 Å². The molecule has 0 unspecified atom stereocenters. The smallest absolute Gasteiger partial charge is 0.0558 e. The fraction of sp³-hybridized carbons (Fsp3) is 0.667. The second kappa shape index (κ2) is 7.49. The summed E-state index contributed by atoms with van der Waals surface area (Å²) in [5.74, 6) is 0. The maximum Gasteiger partial charge on any atom is 0.0558 e. The van der Waals surface area contributed by atoms with Crippen LogP contribution in [0.15, 0.2) is 24.5 Å². The van der Waals surface area contributed by atoms with Crippen molar-refractivity contribution in [3.8, 4) is 0 Å². The van der Waals surface area contributed by atoms with Crippen LogP contribution in [0.25, 0.3) is 0 Å². The van der Waals surface area contributed by atoms with E-state index >= 15 is 0 Å². The van der Waals surface area contributed by atoms with Crippen molar-refractivity contribution in [1.29, 1.82) is 0 Å². The molecule has 0 radical (unpaired) electrons. The highest BCUT2D eigenvalue weighted by atomic mass is 16.3. The molecule has 0 bridgehead atoms. The number of nitrogens with zero attached hydrogens (tertiary/aromatic N) is 2. The molecule has 1 aliphatic carbocycles. The van der Waals surface area contributed by atoms with Crippen molar-refractivity contribution in [2.75, 3.05) is 19.7 Å². The van der Waals surface area contributed by atoms with Crippen molar-refractivity contribution in [2.24, 2.45) is 0 Å². The Morgan fingerprint density at radius 2 is 1.83 bits per heavy atom. The lowest BCUT2D eigenvalue weighted by Gasteiger charge is -2.34. The van der Waals surface area contributed by atoms with E-state index in [9.17, 15) is 5.11 Å². The van der Waals surface area contributed by atoms with Crippen LogP contribution in [0.5, 0.6) is 0 Å². The normalized spacial score (nSPS) is 17.2. The van der Waals surface area contributed by atoms with Crippen LogP contribution in [-0.2, 0) is 6.42 Å². The highest BCUT2D eigenvalue weighted by molar-refractivity contribution is 5.10. The molecule has 1 saturated carbocycles. The summed E-state index contributed by atoms with van der Waals surface area (Å²) in [6, 6.07) is 4.85. The van der Waals surface area contributed by atoms with Crippen LogP contribution in [0.1, 0.15) is 37.7 Å². The quantitative estimate of drug-likeness (QED) is 0.839. The van der Waals surface area contributed by atoms with Gasteiger partial charge in [0, 0.05) is 31.5 Å². The Morgan fingerprint density at radius 1 is 1.11 bits per heavy atom. The van der Waals surface area contributed by atoms with Crippen molar-refractivity contribution in [3.63, 3.8) is 0 Å². The second-order valence-electron chi connectivity index (χ2n) is 5.16. The number of aliphatic hydroxyl groups is 1. The van der Waals surface area contributed by atoms with Crippen LogP contribution in [0, 0.1) is 0 Å². The van der Waals surface area contributed by atoms with Crippen LogP contribution < -0.4 is 0 Å². The zero-order valence-electron chi connectivity index (χ0n) is 11.1. The molecule has 0 aromatic carbocycles. The third-order valence-corrected chi connectivity index (χ3v) is 3.92. The molecule has 0 saturated heterocycles. The van der Waals surface area contributed by atoms with E-state index in [1.807, 2.05) is 12.4 Å². The van der Waals surface area contributed by atoms with E-state index < -0.39 is 0 Å². The van der Waals surface area contributed by atoms with E-state index in [0.717, 1.165) is 19.5 Å². The molecule has 0 spiro atoms. The van der Waals surface area contributed by atoms with Gasteiger partial charge in [-0.3, -0.25) is 9.88 Å². The Hall–Kier alpha value is -0.930. The van der Waals surface area contributed by atoms with Crippen molar-refractivity contribution >= 4 is 0 Å². The molecule has 1 aromatic rings. The number of hydrogen-bond donors (Lipinski definition) is 1. The molecule has 3 nitrogen and oxygen atoms in total. The topological polar surface area (TPSA) is 36.4 Å². The van der Waals surface area contributed by atoms with Gasteiger partial charge in [-0.25, -0.2) is 0 Å². The third-order valence-electron chi connectivity index (χ3n) is 3.92. The fourth-order valence-corrected chi connectivity index (χ4v) is 2.87. The van der Waals surface area contributed by atoms with Crippen molar-refractivity contribution in [2.45, 2.75) is 44.6 Å². The summed E-state index contributed by atoms with van der Waals surface area (Å²) in [5, 5.41) is 9.21. The maximum atomic E-state index is 9.21. The SMILES string of the molecule is OCCN(CCc1ccncc1)C1CCCCC1. The zero-order chi connectivity index (χ0) is 12.6. The number of rotatable bonds is 6. The Morgan fingerprint density at radius 3 is 2.50 bits per heavy atom. The monoisotopic (exact) mass is 248 g/mol. The summed E-state index contributed by atoms with van der Waals surface area (Å²) >= 11 is 0. The van der Waals surface area contributed by atoms with Crippen LogP contribution in [0.4, 0.5) is 0 Å². The molecule has 0 aliphatic heterocycles. The lowest BCUT2D eigenvalue weighted by atomic mass is 9.94. The Bertz CT molecular complexity index is 323. The standard InChI is InChI=1S/C15H24N2O/c18-13-12-17(15-4-2-1-3-5-15)11-8-14-6-9-16-10-7-14/h6-7,9-10,15,18H,1-5,8,11-13H2. The van der Waals surface area contributed by atoms with Gasteiger partial charge in [0.2, 0.25) is 0 Å². The minimum absolute atomic E-state index is 0.271. The minimum atomic E-state index is 0.271. The number of aliphatic hydroxyl groups excluding tert-OH is 1. The van der Waals surface area contributed by atoms with Gasteiger partial charge in [-0.05, 0) is 37.0 Å². The molecule has 2 rings (SSSR count). The molecular weight excluding hydrogens is 224 g/mol. The van der Waals surface area contributed by atoms with Gasteiger partial charge >= 0.3 is 0 Å². The average molecular weight is 248 g/mol. The van der Waals surface area contributed by atoms with Gasteiger partial charge in [0.15, 0.2) is 0 Å². The predicted octanol–water partition coefficient (Wildman–Crippen LogP) is 2.25. The van der Waals surface area contributed by atoms with Crippen LogP contribution in [-0.4, -0.2) is 40.7 Å². The third kappa shape index (κ3) is 4.07. The van der Waals surface area contributed by atoms with Gasteiger partial charge in [0.1, 0.15) is 0 Å². The highest BCUT2D eigenvalue weighted by Gasteiger charge is 2.20. The van der Waals surface area contributed by atoms with E-state index in [4.69, 9.17) is 0 Å². The van der Waals surface area contributed by atoms with Gasteiger partial charge in [-0.2, -0.15) is 0 Å². The first-order valence-electron chi connectivity index (χ1n) is 7.14. The van der Waals surface area contributed by atoms with Gasteiger partial charge in [-0.15, -0.1) is 0 Å². The highest BCUT2D eigenvalue weighted by Crippen LogP contribution is 2.22. The first-order valence-corrected chi connectivity index (χ1v) is 7.14. The van der Waals surface area contributed by atoms with Gasteiger partial charge < -0.3 is 5.11 Å². The molecule has 1 aromatic heterocycles. The summed E-state index contributed by atoms with van der Waals surface area (Å²) < 4.78 is 0. The molecule has 1 N–H and O–H groups in total. The first kappa shape index (κ1) is 13.5. The summed E-state index contributed by atoms with van der Waals surface area (Å²) in [7, 11) is 0. The molecule has 1 fully saturated rings. The summed E-state index contributed by atoms with van der Waals surface area (Å²) in [6.45, 7) is 2.14. The van der Waals surface area contributed by atoms with Gasteiger partial charge in [0.05, 0.1) is 6.61 Å². The molecule has 1 heterocycles. The lowest BCUT2D eigenvalue weighted by Crippen LogP contribution is -2.40. The number of hydrogen-bond acceptors (Lipinski definition) is 3. The molecule has 3 heteroatoms.